The Morgan fingerprint density at radius 3 is 2.31 bits per heavy atom. The van der Waals surface area contributed by atoms with Gasteiger partial charge in [-0.2, -0.15) is 0 Å². The van der Waals surface area contributed by atoms with Crippen molar-refractivity contribution in [1.82, 2.24) is 0 Å². The average molecular weight is 221 g/mol. The fourth-order valence-corrected chi connectivity index (χ4v) is 1.41. The Morgan fingerprint density at radius 2 is 1.88 bits per heavy atom. The predicted molar refractivity (Wildman–Crippen MR) is 64.1 cm³/mol. The van der Waals surface area contributed by atoms with Gasteiger partial charge in [0.05, 0.1) is 6.04 Å². The SMILES string of the molecule is BC(B)(c1ccc(O)c(O)c1)C(N)C(=O)O. The highest BCUT2D eigenvalue weighted by Crippen LogP contribution is 2.30. The summed E-state index contributed by atoms with van der Waals surface area (Å²) in [5.74, 6) is -1.65. The number of aromatic hydroxyl groups is 2. The minimum Gasteiger partial charge on any atom is -0.504 e. The normalized spacial score (nSPS) is 13.3. The summed E-state index contributed by atoms with van der Waals surface area (Å²) in [6.07, 6.45) is 0. The van der Waals surface area contributed by atoms with Gasteiger partial charge in [0, 0.05) is 0 Å². The van der Waals surface area contributed by atoms with E-state index in [0.717, 1.165) is 0 Å². The van der Waals surface area contributed by atoms with E-state index in [1.165, 1.54) is 18.2 Å². The van der Waals surface area contributed by atoms with Crippen LogP contribution in [-0.2, 0) is 10.0 Å². The van der Waals surface area contributed by atoms with Crippen LogP contribution in [0.1, 0.15) is 5.56 Å². The summed E-state index contributed by atoms with van der Waals surface area (Å²) in [7, 11) is 3.33. The summed E-state index contributed by atoms with van der Waals surface area (Å²) in [5.41, 5.74) is 6.12. The molecule has 0 fully saturated rings. The smallest absolute Gasteiger partial charge is 0.319 e. The van der Waals surface area contributed by atoms with Crippen molar-refractivity contribution in [3.05, 3.63) is 23.8 Å². The van der Waals surface area contributed by atoms with Gasteiger partial charge in [-0.1, -0.05) is 11.6 Å². The molecule has 0 aliphatic rings. The number of aliphatic carboxylic acids is 1. The molecular weight excluding hydrogens is 208 g/mol. The zero-order valence-electron chi connectivity index (χ0n) is 9.14. The summed E-state index contributed by atoms with van der Waals surface area (Å²) in [6, 6.07) is 3.08. The molecule has 0 aliphatic heterocycles. The number of benzene rings is 1. The zero-order chi connectivity index (χ0) is 12.5. The van der Waals surface area contributed by atoms with Crippen LogP contribution in [0.2, 0.25) is 0 Å². The number of carboxylic acid groups (broad SMARTS) is 1. The highest BCUT2D eigenvalue weighted by atomic mass is 16.4. The minimum atomic E-state index is -1.11. The molecule has 0 saturated carbocycles. The van der Waals surface area contributed by atoms with Gasteiger partial charge in [0.15, 0.2) is 11.5 Å². The third kappa shape index (κ3) is 2.14. The molecular formula is C9H13B2NO4. The number of carboxylic acids is 1. The Kier molecular flexibility index (Phi) is 3.19. The number of hydrogen-bond donors (Lipinski definition) is 4. The Hall–Kier alpha value is -1.62. The first-order chi connectivity index (χ1) is 7.26. The third-order valence-corrected chi connectivity index (χ3v) is 2.76. The third-order valence-electron chi connectivity index (χ3n) is 2.76. The Balaban J connectivity index is 3.16. The van der Waals surface area contributed by atoms with E-state index in [4.69, 9.17) is 15.9 Å². The molecule has 1 aromatic rings. The summed E-state index contributed by atoms with van der Waals surface area (Å²) in [5, 5.41) is 26.5. The Morgan fingerprint density at radius 1 is 1.31 bits per heavy atom. The molecule has 0 radical (unpaired) electrons. The zero-order valence-corrected chi connectivity index (χ0v) is 9.14. The van der Waals surface area contributed by atoms with Gasteiger partial charge in [0.25, 0.3) is 0 Å². The number of hydrogen-bond acceptors (Lipinski definition) is 4. The van der Waals surface area contributed by atoms with E-state index < -0.39 is 17.2 Å². The first kappa shape index (κ1) is 12.4. The van der Waals surface area contributed by atoms with Crippen molar-refractivity contribution in [2.24, 2.45) is 5.73 Å². The van der Waals surface area contributed by atoms with Crippen LogP contribution in [0.3, 0.4) is 0 Å². The molecule has 1 aromatic carbocycles. The largest absolute Gasteiger partial charge is 0.504 e. The number of rotatable bonds is 3. The highest BCUT2D eigenvalue weighted by molar-refractivity contribution is 6.42. The van der Waals surface area contributed by atoms with Crippen LogP contribution in [0.25, 0.3) is 0 Å². The molecule has 0 spiro atoms. The molecule has 7 heteroatoms. The average Bonchev–Trinajstić information content (AvgIpc) is 2.20. The maximum atomic E-state index is 10.8. The molecule has 1 atom stereocenters. The van der Waals surface area contributed by atoms with Crippen molar-refractivity contribution >= 4 is 21.7 Å². The highest BCUT2D eigenvalue weighted by Gasteiger charge is 2.33. The quantitative estimate of drug-likeness (QED) is 0.346. The van der Waals surface area contributed by atoms with Crippen LogP contribution in [0.4, 0.5) is 0 Å². The number of phenols is 2. The van der Waals surface area contributed by atoms with Crippen molar-refractivity contribution < 1.29 is 20.1 Å². The van der Waals surface area contributed by atoms with E-state index in [1.807, 2.05) is 0 Å². The van der Waals surface area contributed by atoms with Gasteiger partial charge in [0.1, 0.15) is 15.7 Å². The predicted octanol–water partition coefficient (Wildman–Crippen LogP) is -2.07. The molecule has 1 rings (SSSR count). The molecule has 5 nitrogen and oxygen atoms in total. The van der Waals surface area contributed by atoms with Crippen LogP contribution in [-0.4, -0.2) is 43.0 Å². The van der Waals surface area contributed by atoms with Gasteiger partial charge in [-0.05, 0) is 17.3 Å². The van der Waals surface area contributed by atoms with Crippen LogP contribution in [0.15, 0.2) is 18.2 Å². The molecule has 0 aliphatic carbocycles. The van der Waals surface area contributed by atoms with E-state index >= 15 is 0 Å². The lowest BCUT2D eigenvalue weighted by Crippen LogP contribution is -2.51. The molecule has 0 heterocycles. The van der Waals surface area contributed by atoms with Gasteiger partial charge in [-0.25, -0.2) is 0 Å². The topological polar surface area (TPSA) is 104 Å². The monoisotopic (exact) mass is 221 g/mol. The number of nitrogens with two attached hydrogens (primary N) is 1. The van der Waals surface area contributed by atoms with E-state index in [-0.39, 0.29) is 11.5 Å². The lowest BCUT2D eigenvalue weighted by Gasteiger charge is -2.29. The van der Waals surface area contributed by atoms with Gasteiger partial charge in [0.2, 0.25) is 0 Å². The second-order valence-electron chi connectivity index (χ2n) is 4.24. The molecule has 0 aromatic heterocycles. The fraction of sp³-hybridized carbons (Fsp3) is 0.222. The molecule has 84 valence electrons. The summed E-state index contributed by atoms with van der Waals surface area (Å²) >= 11 is 0. The van der Waals surface area contributed by atoms with E-state index in [0.29, 0.717) is 5.56 Å². The summed E-state index contributed by atoms with van der Waals surface area (Å²) in [6.45, 7) is 0. The van der Waals surface area contributed by atoms with Crippen LogP contribution >= 0.6 is 0 Å². The first-order valence-corrected chi connectivity index (χ1v) is 4.77. The van der Waals surface area contributed by atoms with Crippen LogP contribution < -0.4 is 5.73 Å². The molecule has 5 N–H and O–H groups in total. The van der Waals surface area contributed by atoms with Gasteiger partial charge >= 0.3 is 5.97 Å². The number of phenolic OH excluding ortho intramolecular Hbond substituents is 2. The van der Waals surface area contributed by atoms with E-state index in [2.05, 4.69) is 0 Å². The summed E-state index contributed by atoms with van der Waals surface area (Å²) < 4.78 is 0. The van der Waals surface area contributed by atoms with Gasteiger partial charge < -0.3 is 21.1 Å². The van der Waals surface area contributed by atoms with Crippen molar-refractivity contribution in [2.75, 3.05) is 0 Å². The van der Waals surface area contributed by atoms with Crippen LogP contribution in [0.5, 0.6) is 11.5 Å². The molecule has 1 unspecified atom stereocenters. The second kappa shape index (κ2) is 4.09. The minimum absolute atomic E-state index is 0.247. The number of carbonyl (C=O) groups is 1. The van der Waals surface area contributed by atoms with Crippen molar-refractivity contribution in [2.45, 2.75) is 11.3 Å². The molecule has 16 heavy (non-hydrogen) atoms. The van der Waals surface area contributed by atoms with E-state index in [1.54, 1.807) is 15.7 Å². The maximum Gasteiger partial charge on any atom is 0.319 e. The maximum absolute atomic E-state index is 10.8. The van der Waals surface area contributed by atoms with Crippen molar-refractivity contribution in [3.63, 3.8) is 0 Å². The Labute approximate surface area is 94.7 Å². The molecule has 0 bridgehead atoms. The standard InChI is InChI=1S/C9H13B2NO4/c10-9(11,7(12)8(15)16)4-1-2-5(13)6(14)3-4/h1-3,7,13-14H,10-12H2,(H,15,16). The lowest BCUT2D eigenvalue weighted by molar-refractivity contribution is -0.138. The lowest BCUT2D eigenvalue weighted by atomic mass is 9.47. The first-order valence-electron chi connectivity index (χ1n) is 4.77. The van der Waals surface area contributed by atoms with Crippen molar-refractivity contribution in [3.8, 4) is 11.5 Å². The van der Waals surface area contributed by atoms with Crippen LogP contribution in [0, 0.1) is 0 Å². The molecule has 0 saturated heterocycles. The summed E-state index contributed by atoms with van der Waals surface area (Å²) in [4.78, 5) is 10.8. The Bertz CT molecular complexity index is 422. The fourth-order valence-electron chi connectivity index (χ4n) is 1.41. The molecule has 0 amide bonds. The van der Waals surface area contributed by atoms with Gasteiger partial charge in [-0.15, -0.1) is 0 Å². The van der Waals surface area contributed by atoms with Crippen molar-refractivity contribution in [1.29, 1.82) is 0 Å². The second-order valence-corrected chi connectivity index (χ2v) is 4.24. The van der Waals surface area contributed by atoms with E-state index in [9.17, 15) is 9.90 Å². The van der Waals surface area contributed by atoms with Gasteiger partial charge in [-0.3, -0.25) is 4.79 Å².